The lowest BCUT2D eigenvalue weighted by molar-refractivity contribution is 0.169. The minimum atomic E-state index is -3.45. The lowest BCUT2D eigenvalue weighted by atomic mass is 10.2. The number of hydrogen-bond donors (Lipinski definition) is 0. The molecule has 0 saturated carbocycles. The molecule has 1 atom stereocenters. The summed E-state index contributed by atoms with van der Waals surface area (Å²) in [5, 5.41) is 8.92. The first-order valence-corrected chi connectivity index (χ1v) is 8.99. The van der Waals surface area contributed by atoms with Crippen molar-refractivity contribution in [3.8, 4) is 6.07 Å². The first-order valence-electron chi connectivity index (χ1n) is 6.76. The molecule has 21 heavy (non-hydrogen) atoms. The number of nitrogens with zero attached hydrogens (tertiary/aromatic N) is 3. The number of hydrogen-bond acceptors (Lipinski definition) is 4. The lowest BCUT2D eigenvalue weighted by Gasteiger charge is -2.35. The Hall–Kier alpha value is -0.940. The number of sulfonamides is 1. The van der Waals surface area contributed by atoms with Gasteiger partial charge in [0.05, 0.1) is 17.0 Å². The molecule has 0 aromatic heterocycles. The van der Waals surface area contributed by atoms with Gasteiger partial charge < -0.3 is 0 Å². The van der Waals surface area contributed by atoms with Crippen molar-refractivity contribution >= 4 is 26.0 Å². The molecule has 0 radical (unpaired) electrons. The van der Waals surface area contributed by atoms with Crippen molar-refractivity contribution in [3.05, 3.63) is 28.2 Å². The van der Waals surface area contributed by atoms with Crippen molar-refractivity contribution in [1.82, 2.24) is 9.21 Å². The molecule has 0 aliphatic carbocycles. The van der Waals surface area contributed by atoms with E-state index in [1.165, 1.54) is 4.31 Å². The molecule has 1 aliphatic rings. The van der Waals surface area contributed by atoms with Crippen LogP contribution in [-0.2, 0) is 10.0 Å². The van der Waals surface area contributed by atoms with Gasteiger partial charge in [-0.25, -0.2) is 8.42 Å². The standard InChI is InChI=1S/C14H18BrN3O2S/c1-11-9-13(3-4-14(11)15)21(19,20)18-7-5-17(6-8-18)12(2)10-16/h3-4,9,12H,5-8H2,1-2H3/t12-/m0/s1. The Balaban J connectivity index is 2.15. The van der Waals surface area contributed by atoms with E-state index in [1.807, 2.05) is 18.7 Å². The van der Waals surface area contributed by atoms with Crippen molar-refractivity contribution in [3.63, 3.8) is 0 Å². The van der Waals surface area contributed by atoms with Crippen LogP contribution in [0.5, 0.6) is 0 Å². The van der Waals surface area contributed by atoms with E-state index in [4.69, 9.17) is 5.26 Å². The van der Waals surface area contributed by atoms with E-state index in [1.54, 1.807) is 18.2 Å². The number of nitriles is 1. The van der Waals surface area contributed by atoms with Gasteiger partial charge in [-0.05, 0) is 37.6 Å². The number of piperazine rings is 1. The predicted octanol–water partition coefficient (Wildman–Crippen LogP) is 1.98. The summed E-state index contributed by atoms with van der Waals surface area (Å²) < 4.78 is 27.6. The van der Waals surface area contributed by atoms with Crippen LogP contribution in [0.4, 0.5) is 0 Å². The van der Waals surface area contributed by atoms with Crippen LogP contribution in [0.1, 0.15) is 12.5 Å². The molecule has 114 valence electrons. The summed E-state index contributed by atoms with van der Waals surface area (Å²) in [4.78, 5) is 2.32. The van der Waals surface area contributed by atoms with E-state index in [9.17, 15) is 8.42 Å². The fraction of sp³-hybridized carbons (Fsp3) is 0.500. The summed E-state index contributed by atoms with van der Waals surface area (Å²) in [5.74, 6) is 0. The van der Waals surface area contributed by atoms with Crippen LogP contribution in [0.15, 0.2) is 27.6 Å². The van der Waals surface area contributed by atoms with Crippen molar-refractivity contribution in [2.45, 2.75) is 24.8 Å². The second-order valence-corrected chi connectivity index (χ2v) is 7.95. The Morgan fingerprint density at radius 2 is 1.90 bits per heavy atom. The van der Waals surface area contributed by atoms with Gasteiger partial charge in [-0.2, -0.15) is 9.57 Å². The Morgan fingerprint density at radius 1 is 1.29 bits per heavy atom. The largest absolute Gasteiger partial charge is 0.286 e. The maximum Gasteiger partial charge on any atom is 0.243 e. The van der Waals surface area contributed by atoms with Crippen LogP contribution in [0, 0.1) is 18.3 Å². The molecule has 1 saturated heterocycles. The zero-order chi connectivity index (χ0) is 15.6. The Kier molecular flexibility index (Phi) is 5.04. The summed E-state index contributed by atoms with van der Waals surface area (Å²) in [6, 6.07) is 7.08. The van der Waals surface area contributed by atoms with Crippen LogP contribution >= 0.6 is 15.9 Å². The summed E-state index contributed by atoms with van der Waals surface area (Å²) in [7, 11) is -3.45. The minimum absolute atomic E-state index is 0.176. The molecule has 1 aromatic carbocycles. The molecule has 5 nitrogen and oxygen atoms in total. The lowest BCUT2D eigenvalue weighted by Crippen LogP contribution is -2.50. The Labute approximate surface area is 134 Å². The van der Waals surface area contributed by atoms with E-state index in [0.717, 1.165) is 10.0 Å². The number of benzene rings is 1. The zero-order valence-corrected chi connectivity index (χ0v) is 14.5. The summed E-state index contributed by atoms with van der Waals surface area (Å²) in [6.07, 6.45) is 0. The van der Waals surface area contributed by atoms with E-state index >= 15 is 0 Å². The Bertz CT molecular complexity index is 661. The molecule has 7 heteroatoms. The van der Waals surface area contributed by atoms with Crippen molar-refractivity contribution in [1.29, 1.82) is 5.26 Å². The molecule has 2 rings (SSSR count). The highest BCUT2D eigenvalue weighted by Gasteiger charge is 2.30. The van der Waals surface area contributed by atoms with Crippen LogP contribution in [0.25, 0.3) is 0 Å². The molecule has 0 amide bonds. The Morgan fingerprint density at radius 3 is 2.43 bits per heavy atom. The van der Waals surface area contributed by atoms with E-state index in [-0.39, 0.29) is 6.04 Å². The highest BCUT2D eigenvalue weighted by Crippen LogP contribution is 2.23. The molecular formula is C14H18BrN3O2S. The quantitative estimate of drug-likeness (QED) is 0.814. The van der Waals surface area contributed by atoms with Crippen LogP contribution in [-0.4, -0.2) is 49.8 Å². The first-order chi connectivity index (χ1) is 9.86. The monoisotopic (exact) mass is 371 g/mol. The van der Waals surface area contributed by atoms with Crippen molar-refractivity contribution in [2.24, 2.45) is 0 Å². The van der Waals surface area contributed by atoms with Crippen LogP contribution in [0.3, 0.4) is 0 Å². The van der Waals surface area contributed by atoms with Gasteiger partial charge in [0.1, 0.15) is 0 Å². The number of halogens is 1. The summed E-state index contributed by atoms with van der Waals surface area (Å²) in [6.45, 7) is 5.72. The zero-order valence-electron chi connectivity index (χ0n) is 12.1. The molecule has 0 bridgehead atoms. The van der Waals surface area contributed by atoms with E-state index in [0.29, 0.717) is 31.1 Å². The highest BCUT2D eigenvalue weighted by atomic mass is 79.9. The van der Waals surface area contributed by atoms with E-state index < -0.39 is 10.0 Å². The summed E-state index contributed by atoms with van der Waals surface area (Å²) >= 11 is 3.38. The van der Waals surface area contributed by atoms with Gasteiger partial charge in [-0.1, -0.05) is 15.9 Å². The molecule has 0 unspecified atom stereocenters. The third kappa shape index (κ3) is 3.46. The highest BCUT2D eigenvalue weighted by molar-refractivity contribution is 9.10. The molecule has 1 aromatic rings. The maximum atomic E-state index is 12.6. The van der Waals surface area contributed by atoms with Crippen molar-refractivity contribution in [2.75, 3.05) is 26.2 Å². The molecule has 1 fully saturated rings. The fourth-order valence-electron chi connectivity index (χ4n) is 2.34. The van der Waals surface area contributed by atoms with Crippen molar-refractivity contribution < 1.29 is 8.42 Å². The molecule has 1 aliphatic heterocycles. The van der Waals surface area contributed by atoms with Gasteiger partial charge in [0.15, 0.2) is 0 Å². The number of aryl methyl sites for hydroxylation is 1. The average molecular weight is 372 g/mol. The molecular weight excluding hydrogens is 354 g/mol. The smallest absolute Gasteiger partial charge is 0.243 e. The molecule has 0 spiro atoms. The minimum Gasteiger partial charge on any atom is -0.286 e. The third-order valence-corrected chi connectivity index (χ3v) is 6.56. The van der Waals surface area contributed by atoms with Gasteiger partial charge in [-0.15, -0.1) is 0 Å². The summed E-state index contributed by atoms with van der Waals surface area (Å²) in [5.41, 5.74) is 0.896. The first kappa shape index (κ1) is 16.4. The van der Waals surface area contributed by atoms with Gasteiger partial charge in [0, 0.05) is 30.7 Å². The van der Waals surface area contributed by atoms with Gasteiger partial charge >= 0.3 is 0 Å². The van der Waals surface area contributed by atoms with Gasteiger partial charge in [0.25, 0.3) is 0 Å². The molecule has 1 heterocycles. The molecule has 0 N–H and O–H groups in total. The van der Waals surface area contributed by atoms with Gasteiger partial charge in [0.2, 0.25) is 10.0 Å². The van der Waals surface area contributed by atoms with Crippen LogP contribution < -0.4 is 0 Å². The number of rotatable bonds is 3. The third-order valence-electron chi connectivity index (χ3n) is 3.77. The van der Waals surface area contributed by atoms with Gasteiger partial charge in [-0.3, -0.25) is 4.90 Å². The fourth-order valence-corrected chi connectivity index (χ4v) is 4.09. The second-order valence-electron chi connectivity index (χ2n) is 5.16. The van der Waals surface area contributed by atoms with E-state index in [2.05, 4.69) is 22.0 Å². The maximum absolute atomic E-state index is 12.6. The average Bonchev–Trinajstić information content (AvgIpc) is 2.49. The topological polar surface area (TPSA) is 64.4 Å². The SMILES string of the molecule is Cc1cc(S(=O)(=O)N2CCN([C@@H](C)C#N)CC2)ccc1Br. The predicted molar refractivity (Wildman–Crippen MR) is 84.3 cm³/mol. The second kappa shape index (κ2) is 6.44. The normalized spacial score (nSPS) is 19.1. The van der Waals surface area contributed by atoms with Crippen LogP contribution in [0.2, 0.25) is 0 Å².